The maximum Gasteiger partial charge on any atom is 0.248 e. The molecule has 1 aliphatic rings. The van der Waals surface area contributed by atoms with Gasteiger partial charge in [0.1, 0.15) is 5.75 Å². The van der Waals surface area contributed by atoms with Crippen LogP contribution in [0.3, 0.4) is 0 Å². The van der Waals surface area contributed by atoms with E-state index >= 15 is 0 Å². The van der Waals surface area contributed by atoms with Crippen molar-refractivity contribution in [3.05, 3.63) is 28.8 Å². The molecule has 0 spiro atoms. The normalized spacial score (nSPS) is 20.3. The van der Waals surface area contributed by atoms with E-state index in [-0.39, 0.29) is 24.8 Å². The zero-order chi connectivity index (χ0) is 15.6. The Morgan fingerprint density at radius 2 is 1.86 bits per heavy atom. The molecule has 0 heterocycles. The highest BCUT2D eigenvalue weighted by molar-refractivity contribution is 5.43. The summed E-state index contributed by atoms with van der Waals surface area (Å²) in [5.74, 6) is 4.19. The zero-order valence-electron chi connectivity index (χ0n) is 12.9. The van der Waals surface area contributed by atoms with Crippen molar-refractivity contribution >= 4 is 0 Å². The predicted octanol–water partition coefficient (Wildman–Crippen LogP) is 3.64. The molecule has 5 heteroatoms. The molecule has 0 bridgehead atoms. The van der Waals surface area contributed by atoms with Gasteiger partial charge in [0.15, 0.2) is 0 Å². The van der Waals surface area contributed by atoms with Crippen LogP contribution in [0.1, 0.15) is 48.4 Å². The van der Waals surface area contributed by atoms with Crippen molar-refractivity contribution in [3.63, 3.8) is 0 Å². The largest absolute Gasteiger partial charge is 0.496 e. The maximum absolute atomic E-state index is 13.3. The number of halogens is 2. The van der Waals surface area contributed by atoms with Gasteiger partial charge in [0.05, 0.1) is 7.11 Å². The van der Waals surface area contributed by atoms with Gasteiger partial charge < -0.3 is 4.74 Å². The van der Waals surface area contributed by atoms with E-state index < -0.39 is 5.92 Å². The van der Waals surface area contributed by atoms with Gasteiger partial charge in [-0.2, -0.15) is 0 Å². The number of hydrogen-bond acceptors (Lipinski definition) is 3. The van der Waals surface area contributed by atoms with E-state index in [9.17, 15) is 8.78 Å². The minimum absolute atomic E-state index is 0.0516. The van der Waals surface area contributed by atoms with Crippen molar-refractivity contribution in [3.8, 4) is 5.75 Å². The average molecular weight is 298 g/mol. The zero-order valence-corrected chi connectivity index (χ0v) is 12.9. The van der Waals surface area contributed by atoms with Gasteiger partial charge >= 0.3 is 0 Å². The minimum atomic E-state index is -2.51. The highest BCUT2D eigenvalue weighted by atomic mass is 19.3. The van der Waals surface area contributed by atoms with Gasteiger partial charge in [-0.05, 0) is 55.4 Å². The molecule has 1 aromatic rings. The second-order valence-corrected chi connectivity index (χ2v) is 6.02. The lowest BCUT2D eigenvalue weighted by molar-refractivity contribution is -0.0498. The van der Waals surface area contributed by atoms with E-state index in [0.717, 1.165) is 22.4 Å². The first-order valence-electron chi connectivity index (χ1n) is 7.37. The lowest BCUT2D eigenvalue weighted by Gasteiger charge is -2.34. The fourth-order valence-corrected chi connectivity index (χ4v) is 3.24. The number of ether oxygens (including phenoxy) is 1. The van der Waals surface area contributed by atoms with Crippen molar-refractivity contribution < 1.29 is 13.5 Å². The Balaban J connectivity index is 2.24. The molecule has 1 fully saturated rings. The molecule has 1 saturated carbocycles. The third-order valence-corrected chi connectivity index (χ3v) is 4.53. The van der Waals surface area contributed by atoms with Gasteiger partial charge in [-0.15, -0.1) is 0 Å². The van der Waals surface area contributed by atoms with Crippen LogP contribution in [0.15, 0.2) is 12.1 Å². The first kappa shape index (κ1) is 16.2. The lowest BCUT2D eigenvalue weighted by Crippen LogP contribution is -2.37. The van der Waals surface area contributed by atoms with Crippen LogP contribution in [0.25, 0.3) is 0 Å². The molecule has 0 amide bonds. The summed E-state index contributed by atoms with van der Waals surface area (Å²) in [5, 5.41) is 0. The molecule has 2 rings (SSSR count). The lowest BCUT2D eigenvalue weighted by atomic mass is 9.78. The number of hydrazine groups is 1. The van der Waals surface area contributed by atoms with Crippen molar-refractivity contribution in [2.75, 3.05) is 7.11 Å². The van der Waals surface area contributed by atoms with Crippen LogP contribution in [-0.2, 0) is 0 Å². The van der Waals surface area contributed by atoms with Gasteiger partial charge in [-0.25, -0.2) is 8.78 Å². The number of nitrogens with one attached hydrogen (secondary N) is 1. The molecule has 1 aromatic carbocycles. The molecular formula is C16H24F2N2O. The second kappa shape index (κ2) is 6.28. The molecule has 0 aromatic heterocycles. The van der Waals surface area contributed by atoms with Crippen molar-refractivity contribution in [1.82, 2.24) is 5.43 Å². The molecule has 1 unspecified atom stereocenters. The van der Waals surface area contributed by atoms with E-state index in [4.69, 9.17) is 10.6 Å². The predicted molar refractivity (Wildman–Crippen MR) is 79.4 cm³/mol. The van der Waals surface area contributed by atoms with Crippen molar-refractivity contribution in [1.29, 1.82) is 0 Å². The Bertz CT molecular complexity index is 495. The monoisotopic (exact) mass is 298 g/mol. The van der Waals surface area contributed by atoms with Gasteiger partial charge in [0, 0.05) is 18.9 Å². The second-order valence-electron chi connectivity index (χ2n) is 6.02. The first-order chi connectivity index (χ1) is 9.88. The Labute approximate surface area is 124 Å². The number of methoxy groups -OCH3 is 1. The SMILES string of the molecule is COc1cc(C)c(C(NN)C2CCC(F)(F)CC2)cc1C. The van der Waals surface area contributed by atoms with Crippen LogP contribution in [0.5, 0.6) is 5.75 Å². The fraction of sp³-hybridized carbons (Fsp3) is 0.625. The summed E-state index contributed by atoms with van der Waals surface area (Å²) in [7, 11) is 1.64. The number of hydrogen-bond donors (Lipinski definition) is 2. The topological polar surface area (TPSA) is 47.3 Å². The molecule has 118 valence electrons. The molecular weight excluding hydrogens is 274 g/mol. The molecule has 3 N–H and O–H groups in total. The Morgan fingerprint density at radius 1 is 1.24 bits per heavy atom. The molecule has 21 heavy (non-hydrogen) atoms. The average Bonchev–Trinajstić information content (AvgIpc) is 2.44. The van der Waals surface area contributed by atoms with Gasteiger partial charge in [-0.3, -0.25) is 11.3 Å². The summed E-state index contributed by atoms with van der Waals surface area (Å²) >= 11 is 0. The number of nitrogens with two attached hydrogens (primary N) is 1. The smallest absolute Gasteiger partial charge is 0.248 e. The van der Waals surface area contributed by atoms with Crippen LogP contribution in [0.4, 0.5) is 8.78 Å². The van der Waals surface area contributed by atoms with Gasteiger partial charge in [0.25, 0.3) is 0 Å². The summed E-state index contributed by atoms with van der Waals surface area (Å²) in [6, 6.07) is 3.93. The summed E-state index contributed by atoms with van der Waals surface area (Å²) in [4.78, 5) is 0. The number of benzene rings is 1. The van der Waals surface area contributed by atoms with Crippen LogP contribution in [-0.4, -0.2) is 13.0 Å². The van der Waals surface area contributed by atoms with Gasteiger partial charge in [0.2, 0.25) is 5.92 Å². The standard InChI is InChI=1S/C16H24F2N2O/c1-10-9-14(21-3)11(2)8-13(10)15(20-19)12-4-6-16(17,18)7-5-12/h8-9,12,15,20H,4-7,19H2,1-3H3. The maximum atomic E-state index is 13.3. The molecule has 1 aliphatic carbocycles. The Hall–Kier alpha value is -1.20. The summed E-state index contributed by atoms with van der Waals surface area (Å²) in [6.45, 7) is 3.98. The summed E-state index contributed by atoms with van der Waals surface area (Å²) < 4.78 is 32.0. The molecule has 1 atom stereocenters. The summed E-state index contributed by atoms with van der Waals surface area (Å²) in [5.41, 5.74) is 6.00. The minimum Gasteiger partial charge on any atom is -0.496 e. The Morgan fingerprint density at radius 3 is 2.38 bits per heavy atom. The fourth-order valence-electron chi connectivity index (χ4n) is 3.24. The van der Waals surface area contributed by atoms with E-state index in [1.54, 1.807) is 7.11 Å². The Kier molecular flexibility index (Phi) is 4.84. The van der Waals surface area contributed by atoms with E-state index in [1.165, 1.54) is 0 Å². The van der Waals surface area contributed by atoms with Crippen molar-refractivity contribution in [2.45, 2.75) is 51.5 Å². The molecule has 0 radical (unpaired) electrons. The summed E-state index contributed by atoms with van der Waals surface area (Å²) in [6.07, 6.45) is 0.882. The first-order valence-corrected chi connectivity index (χ1v) is 7.37. The highest BCUT2D eigenvalue weighted by Crippen LogP contribution is 2.42. The number of aryl methyl sites for hydroxylation is 2. The van der Waals surface area contributed by atoms with Crippen LogP contribution in [0, 0.1) is 19.8 Å². The van der Waals surface area contributed by atoms with Crippen LogP contribution in [0.2, 0.25) is 0 Å². The van der Waals surface area contributed by atoms with Crippen LogP contribution >= 0.6 is 0 Å². The molecule has 0 aliphatic heterocycles. The molecule has 3 nitrogen and oxygen atoms in total. The third-order valence-electron chi connectivity index (χ3n) is 4.53. The van der Waals surface area contributed by atoms with Crippen LogP contribution < -0.4 is 16.0 Å². The van der Waals surface area contributed by atoms with Crippen molar-refractivity contribution in [2.24, 2.45) is 11.8 Å². The van der Waals surface area contributed by atoms with E-state index in [2.05, 4.69) is 5.43 Å². The number of alkyl halides is 2. The van der Waals surface area contributed by atoms with E-state index in [0.29, 0.717) is 12.8 Å². The third kappa shape index (κ3) is 3.52. The quantitative estimate of drug-likeness (QED) is 0.659. The van der Waals surface area contributed by atoms with E-state index in [1.807, 2.05) is 26.0 Å². The molecule has 0 saturated heterocycles. The number of rotatable bonds is 4. The highest BCUT2D eigenvalue weighted by Gasteiger charge is 2.38. The van der Waals surface area contributed by atoms with Gasteiger partial charge in [-0.1, -0.05) is 6.07 Å².